The van der Waals surface area contributed by atoms with Gasteiger partial charge in [0.2, 0.25) is 5.91 Å². The van der Waals surface area contributed by atoms with Crippen LogP contribution in [0.25, 0.3) is 0 Å². The van der Waals surface area contributed by atoms with Crippen LogP contribution in [0, 0.1) is 7.14 Å². The van der Waals surface area contributed by atoms with Crippen LogP contribution in [0.4, 0.5) is 0 Å². The fraction of sp³-hybridized carbons (Fsp3) is 0.222. The Bertz CT molecular complexity index is 785. The highest BCUT2D eigenvalue weighted by molar-refractivity contribution is 14.1. The number of carboxylic acid groups (broad SMARTS) is 1. The number of hydrogen-bond acceptors (Lipinski definition) is 4. The Morgan fingerprint density at radius 1 is 1.12 bits per heavy atom. The third kappa shape index (κ3) is 5.73. The highest BCUT2D eigenvalue weighted by Gasteiger charge is 2.20. The Balaban J connectivity index is 2.20. The van der Waals surface area contributed by atoms with Gasteiger partial charge in [-0.15, -0.1) is 0 Å². The van der Waals surface area contributed by atoms with E-state index in [0.717, 1.165) is 18.5 Å². The molecule has 0 fully saturated rings. The van der Waals surface area contributed by atoms with E-state index >= 15 is 0 Å². The molecule has 0 spiro atoms. The second-order valence-electron chi connectivity index (χ2n) is 5.46. The number of ether oxygens (including phenoxy) is 2. The number of benzene rings is 2. The van der Waals surface area contributed by atoms with E-state index in [4.69, 9.17) is 9.47 Å². The van der Waals surface area contributed by atoms with Crippen LogP contribution < -0.4 is 14.8 Å². The van der Waals surface area contributed by atoms with Gasteiger partial charge in [-0.25, -0.2) is 4.79 Å². The number of amides is 1. The first kappa shape index (κ1) is 20.7. The Morgan fingerprint density at radius 2 is 1.65 bits per heavy atom. The summed E-state index contributed by atoms with van der Waals surface area (Å²) in [4.78, 5) is 22.5. The monoisotopic (exact) mass is 581 g/mol. The van der Waals surface area contributed by atoms with E-state index in [9.17, 15) is 14.7 Å². The molecule has 0 saturated heterocycles. The Labute approximate surface area is 178 Å². The van der Waals surface area contributed by atoms with Gasteiger partial charge in [-0.05, 0) is 87.1 Å². The van der Waals surface area contributed by atoms with Gasteiger partial charge in [0.25, 0.3) is 0 Å². The van der Waals surface area contributed by atoms with Gasteiger partial charge >= 0.3 is 5.97 Å². The van der Waals surface area contributed by atoms with Gasteiger partial charge in [-0.1, -0.05) is 0 Å². The lowest BCUT2D eigenvalue weighted by Gasteiger charge is -2.16. The predicted octanol–water partition coefficient (Wildman–Crippen LogP) is 3.83. The third-order valence-corrected chi connectivity index (χ3v) is 5.06. The highest BCUT2D eigenvalue weighted by Crippen LogP contribution is 2.33. The topological polar surface area (TPSA) is 84.9 Å². The number of halogens is 2. The van der Waals surface area contributed by atoms with E-state index in [2.05, 4.69) is 50.5 Å². The molecule has 0 aliphatic rings. The maximum Gasteiger partial charge on any atom is 0.326 e. The van der Waals surface area contributed by atoms with E-state index in [-0.39, 0.29) is 12.3 Å². The summed E-state index contributed by atoms with van der Waals surface area (Å²) in [6.45, 7) is 1.30. The summed E-state index contributed by atoms with van der Waals surface area (Å²) in [6.07, 6.45) is 0.198. The van der Waals surface area contributed by atoms with E-state index in [1.165, 1.54) is 6.92 Å². The summed E-state index contributed by atoms with van der Waals surface area (Å²) < 4.78 is 12.8. The van der Waals surface area contributed by atoms with E-state index < -0.39 is 12.0 Å². The standard InChI is InChI=1S/C18H17I2NO5/c1-10(22)21-16(18(23)24)9-11-7-14(19)17(15(20)8-11)26-13-5-3-12(25-2)4-6-13/h3-8,16H,9H2,1-2H3,(H,21,22)(H,23,24). The molecule has 138 valence electrons. The molecule has 0 aromatic heterocycles. The first-order valence-electron chi connectivity index (χ1n) is 7.60. The van der Waals surface area contributed by atoms with Crippen molar-refractivity contribution in [3.8, 4) is 17.2 Å². The fourth-order valence-corrected chi connectivity index (χ4v) is 4.39. The van der Waals surface area contributed by atoms with Crippen molar-refractivity contribution in [1.29, 1.82) is 0 Å². The van der Waals surface area contributed by atoms with Crippen molar-refractivity contribution >= 4 is 57.1 Å². The van der Waals surface area contributed by atoms with E-state index in [0.29, 0.717) is 11.5 Å². The molecule has 2 aromatic rings. The number of rotatable bonds is 7. The zero-order valence-electron chi connectivity index (χ0n) is 14.1. The minimum atomic E-state index is -1.07. The minimum absolute atomic E-state index is 0.198. The molecule has 0 saturated carbocycles. The zero-order chi connectivity index (χ0) is 19.3. The van der Waals surface area contributed by atoms with Gasteiger partial charge < -0.3 is 19.9 Å². The van der Waals surface area contributed by atoms with Crippen LogP contribution in [0.5, 0.6) is 17.2 Å². The number of carboxylic acids is 1. The average molecular weight is 581 g/mol. The molecule has 26 heavy (non-hydrogen) atoms. The molecule has 0 bridgehead atoms. The first-order chi connectivity index (χ1) is 12.3. The highest BCUT2D eigenvalue weighted by atomic mass is 127. The maximum absolute atomic E-state index is 11.3. The van der Waals surface area contributed by atoms with Gasteiger partial charge in [0, 0.05) is 13.3 Å². The lowest BCUT2D eigenvalue weighted by molar-refractivity contribution is -0.141. The number of hydrogen-bond donors (Lipinski definition) is 2. The van der Waals surface area contributed by atoms with Crippen molar-refractivity contribution in [1.82, 2.24) is 5.32 Å². The van der Waals surface area contributed by atoms with Crippen LogP contribution >= 0.6 is 45.2 Å². The molecule has 0 radical (unpaired) electrons. The van der Waals surface area contributed by atoms with Crippen LogP contribution in [0.1, 0.15) is 12.5 Å². The molecule has 2 N–H and O–H groups in total. The summed E-state index contributed by atoms with van der Waals surface area (Å²) in [5.41, 5.74) is 0.807. The lowest BCUT2D eigenvalue weighted by Crippen LogP contribution is -2.41. The summed E-state index contributed by atoms with van der Waals surface area (Å²) >= 11 is 4.31. The van der Waals surface area contributed by atoms with Crippen molar-refractivity contribution in [3.63, 3.8) is 0 Å². The molecule has 8 heteroatoms. The molecule has 0 aliphatic heterocycles. The molecule has 6 nitrogen and oxygen atoms in total. The molecular formula is C18H17I2NO5. The third-order valence-electron chi connectivity index (χ3n) is 3.45. The fourth-order valence-electron chi connectivity index (χ4n) is 2.27. The van der Waals surface area contributed by atoms with Gasteiger partial charge in [0.15, 0.2) is 5.75 Å². The van der Waals surface area contributed by atoms with Gasteiger partial charge in [0.05, 0.1) is 14.3 Å². The number of aliphatic carboxylic acids is 1. The number of methoxy groups -OCH3 is 1. The quantitative estimate of drug-likeness (QED) is 0.486. The second-order valence-corrected chi connectivity index (χ2v) is 7.79. The zero-order valence-corrected chi connectivity index (χ0v) is 18.4. The van der Waals surface area contributed by atoms with Crippen molar-refractivity contribution < 1.29 is 24.2 Å². The first-order valence-corrected chi connectivity index (χ1v) is 9.75. The molecule has 0 heterocycles. The van der Waals surface area contributed by atoms with Crippen molar-refractivity contribution in [2.75, 3.05) is 7.11 Å². The molecule has 1 amide bonds. The molecule has 1 atom stereocenters. The molecule has 2 rings (SSSR count). The van der Waals surface area contributed by atoms with Crippen LogP contribution in [0.2, 0.25) is 0 Å². The minimum Gasteiger partial charge on any atom is -0.497 e. The van der Waals surface area contributed by atoms with Crippen LogP contribution in [-0.2, 0) is 16.0 Å². The van der Waals surface area contributed by atoms with Crippen molar-refractivity contribution in [2.45, 2.75) is 19.4 Å². The molecular weight excluding hydrogens is 564 g/mol. The Kier molecular flexibility index (Phi) is 7.50. The summed E-state index contributed by atoms with van der Waals surface area (Å²) in [6, 6.07) is 10.0. The lowest BCUT2D eigenvalue weighted by atomic mass is 10.1. The molecule has 2 aromatic carbocycles. The van der Waals surface area contributed by atoms with Gasteiger partial charge in [-0.2, -0.15) is 0 Å². The summed E-state index contributed by atoms with van der Waals surface area (Å²) in [5, 5.41) is 11.7. The Morgan fingerprint density at radius 3 is 2.12 bits per heavy atom. The Hall–Kier alpha value is -1.56. The summed E-state index contributed by atoms with van der Waals surface area (Å²) in [7, 11) is 1.60. The van der Waals surface area contributed by atoms with Crippen LogP contribution in [0.15, 0.2) is 36.4 Å². The van der Waals surface area contributed by atoms with E-state index in [1.807, 2.05) is 36.4 Å². The predicted molar refractivity (Wildman–Crippen MR) is 114 cm³/mol. The largest absolute Gasteiger partial charge is 0.497 e. The maximum atomic E-state index is 11.3. The summed E-state index contributed by atoms with van der Waals surface area (Å²) in [5.74, 6) is 0.683. The SMILES string of the molecule is COc1ccc(Oc2c(I)cc(CC(NC(C)=O)C(=O)O)cc2I)cc1. The van der Waals surface area contributed by atoms with Crippen molar-refractivity contribution in [2.24, 2.45) is 0 Å². The number of carbonyl (C=O) groups is 2. The smallest absolute Gasteiger partial charge is 0.326 e. The normalized spacial score (nSPS) is 11.5. The van der Waals surface area contributed by atoms with Crippen molar-refractivity contribution in [3.05, 3.63) is 49.1 Å². The van der Waals surface area contributed by atoms with E-state index in [1.54, 1.807) is 7.11 Å². The molecule has 1 unspecified atom stereocenters. The second kappa shape index (κ2) is 9.40. The molecule has 0 aliphatic carbocycles. The van der Waals surface area contributed by atoms with Gasteiger partial charge in [0.1, 0.15) is 17.5 Å². The average Bonchev–Trinajstić information content (AvgIpc) is 2.57. The number of nitrogens with one attached hydrogen (secondary N) is 1. The van der Waals surface area contributed by atoms with Crippen LogP contribution in [0.3, 0.4) is 0 Å². The number of carbonyl (C=O) groups excluding carboxylic acids is 1. The van der Waals surface area contributed by atoms with Gasteiger partial charge in [-0.3, -0.25) is 4.79 Å². The van der Waals surface area contributed by atoms with Crippen LogP contribution in [-0.4, -0.2) is 30.1 Å².